The molecule has 0 amide bonds. The third-order valence-electron chi connectivity index (χ3n) is 3.78. The molecule has 3 nitrogen and oxygen atoms in total. The predicted molar refractivity (Wildman–Crippen MR) is 71.7 cm³/mol. The van der Waals surface area contributed by atoms with Gasteiger partial charge in [0.2, 0.25) is 0 Å². The largest absolute Gasteiger partial charge is 0.303 e. The molecular weight excluding hydrogens is 210 g/mol. The van der Waals surface area contributed by atoms with Crippen LogP contribution in [0.2, 0.25) is 0 Å². The van der Waals surface area contributed by atoms with E-state index in [1.807, 2.05) is 0 Å². The molecule has 1 fully saturated rings. The fourth-order valence-corrected chi connectivity index (χ4v) is 2.45. The van der Waals surface area contributed by atoms with E-state index in [0.29, 0.717) is 0 Å². The molecule has 0 bridgehead atoms. The summed E-state index contributed by atoms with van der Waals surface area (Å²) in [5.41, 5.74) is 0. The van der Waals surface area contributed by atoms with Crippen LogP contribution in [-0.4, -0.2) is 37.1 Å². The Bertz CT molecular complexity index is 244. The van der Waals surface area contributed by atoms with Gasteiger partial charge in [0, 0.05) is 13.1 Å². The van der Waals surface area contributed by atoms with E-state index in [0.717, 1.165) is 37.8 Å². The minimum Gasteiger partial charge on any atom is -0.303 e. The van der Waals surface area contributed by atoms with Crippen LogP contribution in [0.5, 0.6) is 0 Å². The number of hydrogen-bond acceptors (Lipinski definition) is 3. The van der Waals surface area contributed by atoms with Gasteiger partial charge >= 0.3 is 0 Å². The van der Waals surface area contributed by atoms with Gasteiger partial charge in [0.15, 0.2) is 0 Å². The molecule has 1 N–H and O–H groups in total. The van der Waals surface area contributed by atoms with E-state index < -0.39 is 0 Å². The van der Waals surface area contributed by atoms with Crippen LogP contribution < -0.4 is 5.32 Å². The van der Waals surface area contributed by atoms with Crippen LogP contribution >= 0.6 is 0 Å². The molecular formula is C14H27N3. The molecule has 0 saturated carbocycles. The number of nitrogens with one attached hydrogen (secondary N) is 1. The van der Waals surface area contributed by atoms with Crippen molar-refractivity contribution in [3.05, 3.63) is 0 Å². The molecule has 0 aromatic heterocycles. The average Bonchev–Trinajstić information content (AvgIpc) is 2.78. The molecule has 2 unspecified atom stereocenters. The van der Waals surface area contributed by atoms with E-state index in [1.54, 1.807) is 0 Å². The van der Waals surface area contributed by atoms with Crippen molar-refractivity contribution in [1.82, 2.24) is 10.2 Å². The molecule has 1 saturated heterocycles. The van der Waals surface area contributed by atoms with E-state index in [2.05, 4.69) is 37.1 Å². The number of rotatable bonds is 7. The second-order valence-corrected chi connectivity index (χ2v) is 5.52. The van der Waals surface area contributed by atoms with Crippen LogP contribution in [-0.2, 0) is 0 Å². The molecule has 0 aliphatic carbocycles. The predicted octanol–water partition coefficient (Wildman–Crippen LogP) is 2.25. The molecule has 98 valence electrons. The van der Waals surface area contributed by atoms with Gasteiger partial charge in [-0.05, 0) is 44.2 Å². The molecule has 1 aliphatic rings. The van der Waals surface area contributed by atoms with E-state index in [9.17, 15) is 0 Å². The molecule has 0 aromatic carbocycles. The van der Waals surface area contributed by atoms with Gasteiger partial charge in [-0.1, -0.05) is 20.8 Å². The van der Waals surface area contributed by atoms with Gasteiger partial charge in [0.1, 0.15) is 0 Å². The van der Waals surface area contributed by atoms with Crippen molar-refractivity contribution in [2.75, 3.05) is 26.2 Å². The summed E-state index contributed by atoms with van der Waals surface area (Å²) in [4.78, 5) is 2.52. The number of likely N-dealkylation sites (tertiary alicyclic amines) is 1. The zero-order chi connectivity index (χ0) is 12.7. The second-order valence-electron chi connectivity index (χ2n) is 5.52. The first kappa shape index (κ1) is 14.5. The molecule has 1 heterocycles. The quantitative estimate of drug-likeness (QED) is 0.738. The lowest BCUT2D eigenvalue weighted by molar-refractivity contribution is 0.292. The molecule has 0 spiro atoms. The van der Waals surface area contributed by atoms with Crippen molar-refractivity contribution in [3.8, 4) is 6.07 Å². The van der Waals surface area contributed by atoms with E-state index >= 15 is 0 Å². The van der Waals surface area contributed by atoms with Gasteiger partial charge in [-0.15, -0.1) is 0 Å². The summed E-state index contributed by atoms with van der Waals surface area (Å²) in [7, 11) is 0. The van der Waals surface area contributed by atoms with E-state index in [4.69, 9.17) is 5.26 Å². The van der Waals surface area contributed by atoms with E-state index in [1.165, 1.54) is 19.5 Å². The van der Waals surface area contributed by atoms with Crippen molar-refractivity contribution >= 4 is 0 Å². The minimum absolute atomic E-state index is 0.0352. The normalized spacial score (nSPS) is 22.9. The number of nitriles is 1. The SMILES string of the molecule is CCCNC(C#N)CCN1CCC(C(C)C)C1. The number of hydrogen-bond donors (Lipinski definition) is 1. The highest BCUT2D eigenvalue weighted by Crippen LogP contribution is 2.23. The number of nitrogens with zero attached hydrogens (tertiary/aromatic N) is 2. The molecule has 0 aromatic rings. The van der Waals surface area contributed by atoms with Gasteiger partial charge in [-0.25, -0.2) is 0 Å². The molecule has 1 aliphatic heterocycles. The highest BCUT2D eigenvalue weighted by molar-refractivity contribution is 4.90. The Morgan fingerprint density at radius 3 is 2.76 bits per heavy atom. The second kappa shape index (κ2) is 7.68. The molecule has 3 heteroatoms. The van der Waals surface area contributed by atoms with Crippen LogP contribution in [0.3, 0.4) is 0 Å². The third kappa shape index (κ3) is 5.06. The Morgan fingerprint density at radius 2 is 2.24 bits per heavy atom. The lowest BCUT2D eigenvalue weighted by Crippen LogP contribution is -2.33. The first-order valence-corrected chi connectivity index (χ1v) is 7.02. The summed E-state index contributed by atoms with van der Waals surface area (Å²) in [6, 6.07) is 2.39. The van der Waals surface area contributed by atoms with Crippen molar-refractivity contribution in [2.24, 2.45) is 11.8 Å². The van der Waals surface area contributed by atoms with Crippen molar-refractivity contribution in [1.29, 1.82) is 5.26 Å². The van der Waals surface area contributed by atoms with Gasteiger partial charge in [-0.3, -0.25) is 0 Å². The maximum Gasteiger partial charge on any atom is 0.0965 e. The van der Waals surface area contributed by atoms with E-state index in [-0.39, 0.29) is 6.04 Å². The maximum atomic E-state index is 9.04. The summed E-state index contributed by atoms with van der Waals surface area (Å²) >= 11 is 0. The summed E-state index contributed by atoms with van der Waals surface area (Å²) in [6.07, 6.45) is 3.38. The average molecular weight is 237 g/mol. The Kier molecular flexibility index (Phi) is 6.54. The van der Waals surface area contributed by atoms with Crippen molar-refractivity contribution < 1.29 is 0 Å². The van der Waals surface area contributed by atoms with Crippen LogP contribution in [0, 0.1) is 23.2 Å². The fraction of sp³-hybridized carbons (Fsp3) is 0.929. The summed E-state index contributed by atoms with van der Waals surface area (Å²) in [5.74, 6) is 1.66. The van der Waals surface area contributed by atoms with Crippen LogP contribution in [0.1, 0.15) is 40.0 Å². The first-order chi connectivity index (χ1) is 8.17. The zero-order valence-corrected chi connectivity index (χ0v) is 11.6. The van der Waals surface area contributed by atoms with Crippen LogP contribution in [0.15, 0.2) is 0 Å². The lowest BCUT2D eigenvalue weighted by atomic mass is 9.95. The highest BCUT2D eigenvalue weighted by Gasteiger charge is 2.24. The summed E-state index contributed by atoms with van der Waals surface area (Å²) in [6.45, 7) is 11.2. The molecule has 1 rings (SSSR count). The smallest absolute Gasteiger partial charge is 0.0965 e. The Morgan fingerprint density at radius 1 is 1.47 bits per heavy atom. The fourth-order valence-electron chi connectivity index (χ4n) is 2.45. The zero-order valence-electron chi connectivity index (χ0n) is 11.6. The van der Waals surface area contributed by atoms with Gasteiger partial charge in [-0.2, -0.15) is 5.26 Å². The molecule has 17 heavy (non-hydrogen) atoms. The Hall–Kier alpha value is -0.590. The maximum absolute atomic E-state index is 9.04. The van der Waals surface area contributed by atoms with Crippen LogP contribution in [0.4, 0.5) is 0 Å². The Balaban J connectivity index is 2.20. The monoisotopic (exact) mass is 237 g/mol. The van der Waals surface area contributed by atoms with Gasteiger partial charge in [0.25, 0.3) is 0 Å². The van der Waals surface area contributed by atoms with Gasteiger partial charge in [0.05, 0.1) is 12.1 Å². The topological polar surface area (TPSA) is 39.1 Å². The molecule has 0 radical (unpaired) electrons. The first-order valence-electron chi connectivity index (χ1n) is 7.02. The minimum atomic E-state index is 0.0352. The third-order valence-corrected chi connectivity index (χ3v) is 3.78. The van der Waals surface area contributed by atoms with Crippen molar-refractivity contribution in [3.63, 3.8) is 0 Å². The molecule has 2 atom stereocenters. The van der Waals surface area contributed by atoms with Crippen molar-refractivity contribution in [2.45, 2.75) is 46.1 Å². The summed E-state index contributed by atoms with van der Waals surface area (Å²) in [5, 5.41) is 12.3. The Labute approximate surface area is 106 Å². The highest BCUT2D eigenvalue weighted by atomic mass is 15.1. The lowest BCUT2D eigenvalue weighted by Gasteiger charge is -2.19. The standard InChI is InChI=1S/C14H27N3/c1-4-7-16-14(10-15)6-9-17-8-5-13(11-17)12(2)3/h12-14,16H,4-9,11H2,1-3H3. The summed E-state index contributed by atoms with van der Waals surface area (Å²) < 4.78 is 0. The van der Waals surface area contributed by atoms with Crippen LogP contribution in [0.25, 0.3) is 0 Å². The van der Waals surface area contributed by atoms with Gasteiger partial charge < -0.3 is 10.2 Å².